The van der Waals surface area contributed by atoms with Crippen molar-refractivity contribution >= 4 is 17.9 Å². The molecule has 1 unspecified atom stereocenters. The molecule has 1 atom stereocenters. The van der Waals surface area contributed by atoms with E-state index in [0.29, 0.717) is 19.3 Å². The first-order chi connectivity index (χ1) is 32.0. The summed E-state index contributed by atoms with van der Waals surface area (Å²) in [4.78, 5) is 38.0. The van der Waals surface area contributed by atoms with Gasteiger partial charge in [0.1, 0.15) is 13.2 Å². The average molecular weight is 901 g/mol. The Morgan fingerprint density at radius 3 is 1.05 bits per heavy atom. The number of rotatable bonds is 46. The molecule has 0 N–H and O–H groups in total. The minimum Gasteiger partial charge on any atom is -0.462 e. The first kappa shape index (κ1) is 61.1. The molecule has 0 amide bonds. The number of ether oxygens (including phenoxy) is 3. The summed E-state index contributed by atoms with van der Waals surface area (Å²) in [5.41, 5.74) is 0. The van der Waals surface area contributed by atoms with Crippen molar-refractivity contribution in [1.29, 1.82) is 0 Å². The Morgan fingerprint density at radius 2 is 0.615 bits per heavy atom. The van der Waals surface area contributed by atoms with Gasteiger partial charge in [-0.1, -0.05) is 226 Å². The summed E-state index contributed by atoms with van der Waals surface area (Å²) in [6.07, 6.45) is 70.6. The maximum Gasteiger partial charge on any atom is 0.306 e. The van der Waals surface area contributed by atoms with Crippen LogP contribution < -0.4 is 0 Å². The number of hydrogen-bond acceptors (Lipinski definition) is 6. The first-order valence-electron chi connectivity index (χ1n) is 26.5. The Morgan fingerprint density at radius 1 is 0.323 bits per heavy atom. The standard InChI is InChI=1S/C59H96O6/c1-4-7-10-13-16-19-22-25-28-29-32-34-37-40-43-46-49-52-58(61)64-55-56(65-59(62)53-50-47-44-41-38-35-31-27-24-21-18-15-12-9-6-3)54-63-57(60)51-48-45-42-39-36-33-30-26-23-20-17-14-11-8-5-2/h7,10,13,16,18-25,27-29,32,34,37,56H,4-6,8-9,11-12,14-15,17,26,30-31,33,35-36,38-55H2,1-3H3/b10-7-,16-13-,21-18-,22-19-,23-20-,27-24-,28-25-,32-29+,37-34-. The van der Waals surface area contributed by atoms with Gasteiger partial charge in [0.05, 0.1) is 0 Å². The summed E-state index contributed by atoms with van der Waals surface area (Å²) in [6.45, 7) is 6.39. The van der Waals surface area contributed by atoms with Gasteiger partial charge in [0.25, 0.3) is 0 Å². The summed E-state index contributed by atoms with van der Waals surface area (Å²) in [5.74, 6) is -0.966. The molecule has 0 aliphatic carbocycles. The van der Waals surface area contributed by atoms with E-state index in [2.05, 4.69) is 69.4 Å². The van der Waals surface area contributed by atoms with E-state index in [1.165, 1.54) is 103 Å². The zero-order valence-corrected chi connectivity index (χ0v) is 42.0. The topological polar surface area (TPSA) is 78.9 Å². The van der Waals surface area contributed by atoms with Crippen LogP contribution in [0.5, 0.6) is 0 Å². The molecule has 0 heterocycles. The third-order valence-corrected chi connectivity index (χ3v) is 10.9. The van der Waals surface area contributed by atoms with E-state index in [4.69, 9.17) is 14.2 Å². The Balaban J connectivity index is 4.52. The predicted octanol–water partition coefficient (Wildman–Crippen LogP) is 17.5. The molecular formula is C59H96O6. The van der Waals surface area contributed by atoms with Gasteiger partial charge in [-0.25, -0.2) is 0 Å². The summed E-state index contributed by atoms with van der Waals surface area (Å²) in [5, 5.41) is 0. The second kappa shape index (κ2) is 52.7. The molecular weight excluding hydrogens is 805 g/mol. The Kier molecular flexibility index (Phi) is 49.5. The van der Waals surface area contributed by atoms with E-state index >= 15 is 0 Å². The number of esters is 3. The molecule has 0 aromatic carbocycles. The van der Waals surface area contributed by atoms with Gasteiger partial charge in [-0.3, -0.25) is 14.4 Å². The highest BCUT2D eigenvalue weighted by molar-refractivity contribution is 5.71. The minimum absolute atomic E-state index is 0.101. The molecule has 0 aliphatic rings. The summed E-state index contributed by atoms with van der Waals surface area (Å²) < 4.78 is 16.8. The summed E-state index contributed by atoms with van der Waals surface area (Å²) in [6, 6.07) is 0. The van der Waals surface area contributed by atoms with Crippen molar-refractivity contribution in [3.8, 4) is 0 Å². The highest BCUT2D eigenvalue weighted by atomic mass is 16.6. The van der Waals surface area contributed by atoms with E-state index in [1.54, 1.807) is 0 Å². The molecule has 6 nitrogen and oxygen atoms in total. The van der Waals surface area contributed by atoms with Gasteiger partial charge in [0.2, 0.25) is 0 Å². The largest absolute Gasteiger partial charge is 0.462 e. The lowest BCUT2D eigenvalue weighted by atomic mass is 10.1. The normalized spacial score (nSPS) is 13.0. The molecule has 65 heavy (non-hydrogen) atoms. The van der Waals surface area contributed by atoms with E-state index in [9.17, 15) is 14.4 Å². The molecule has 0 aromatic rings. The van der Waals surface area contributed by atoms with Crippen LogP contribution in [0.25, 0.3) is 0 Å². The lowest BCUT2D eigenvalue weighted by Gasteiger charge is -2.18. The molecule has 0 rings (SSSR count). The first-order valence-corrected chi connectivity index (χ1v) is 26.5. The summed E-state index contributed by atoms with van der Waals surface area (Å²) >= 11 is 0. The number of unbranched alkanes of at least 4 members (excludes halogenated alkanes) is 23. The SMILES string of the molecule is CC\C=C/C=C\C=C/C=C\C=C\C=C/CCCCCC(=O)OCC(COC(=O)CCCCCCCCC/C=C\CCCCCC)OC(=O)CCCCCCCC/C=C\C=C/CCCCC. The third-order valence-electron chi connectivity index (χ3n) is 10.9. The van der Waals surface area contributed by atoms with Crippen LogP contribution in [-0.4, -0.2) is 37.2 Å². The van der Waals surface area contributed by atoms with Crippen LogP contribution in [-0.2, 0) is 28.6 Å². The van der Waals surface area contributed by atoms with E-state index in [0.717, 1.165) is 83.5 Å². The quantitative estimate of drug-likeness (QED) is 0.0199. The Hall–Kier alpha value is -3.93. The van der Waals surface area contributed by atoms with Gasteiger partial charge < -0.3 is 14.2 Å². The minimum atomic E-state index is -0.806. The van der Waals surface area contributed by atoms with Crippen molar-refractivity contribution in [3.05, 3.63) is 109 Å². The van der Waals surface area contributed by atoms with E-state index in [1.807, 2.05) is 60.8 Å². The fourth-order valence-corrected chi connectivity index (χ4v) is 6.93. The van der Waals surface area contributed by atoms with Gasteiger partial charge in [-0.2, -0.15) is 0 Å². The zero-order valence-electron chi connectivity index (χ0n) is 42.0. The van der Waals surface area contributed by atoms with E-state index < -0.39 is 6.10 Å². The third kappa shape index (κ3) is 50.9. The molecule has 0 aliphatic heterocycles. The van der Waals surface area contributed by atoms with Crippen LogP contribution in [0.4, 0.5) is 0 Å². The molecule has 0 aromatic heterocycles. The Labute approximate surface area is 400 Å². The highest BCUT2D eigenvalue weighted by Crippen LogP contribution is 2.14. The predicted molar refractivity (Wildman–Crippen MR) is 279 cm³/mol. The molecule has 0 spiro atoms. The lowest BCUT2D eigenvalue weighted by molar-refractivity contribution is -0.167. The smallest absolute Gasteiger partial charge is 0.306 e. The van der Waals surface area contributed by atoms with Crippen molar-refractivity contribution in [1.82, 2.24) is 0 Å². The van der Waals surface area contributed by atoms with Crippen LogP contribution in [0.3, 0.4) is 0 Å². The van der Waals surface area contributed by atoms with Crippen LogP contribution in [0, 0.1) is 0 Å². The summed E-state index contributed by atoms with van der Waals surface area (Å²) in [7, 11) is 0. The molecule has 0 fully saturated rings. The monoisotopic (exact) mass is 901 g/mol. The van der Waals surface area contributed by atoms with Crippen LogP contribution in [0.1, 0.15) is 226 Å². The maximum atomic E-state index is 12.8. The second-order valence-corrected chi connectivity index (χ2v) is 17.2. The van der Waals surface area contributed by atoms with E-state index in [-0.39, 0.29) is 31.1 Å². The number of carbonyl (C=O) groups excluding carboxylic acids is 3. The van der Waals surface area contributed by atoms with Crippen molar-refractivity contribution in [2.75, 3.05) is 13.2 Å². The molecule has 368 valence electrons. The number of hydrogen-bond donors (Lipinski definition) is 0. The van der Waals surface area contributed by atoms with Gasteiger partial charge in [-0.05, 0) is 89.9 Å². The van der Waals surface area contributed by atoms with Gasteiger partial charge in [0, 0.05) is 19.3 Å². The molecule has 0 saturated carbocycles. The number of allylic oxidation sites excluding steroid dienone is 18. The molecule has 0 radical (unpaired) electrons. The Bertz CT molecular complexity index is 1360. The fraction of sp³-hybridized carbons (Fsp3) is 0.644. The van der Waals surface area contributed by atoms with Crippen LogP contribution >= 0.6 is 0 Å². The van der Waals surface area contributed by atoms with Crippen molar-refractivity contribution < 1.29 is 28.6 Å². The van der Waals surface area contributed by atoms with Crippen molar-refractivity contribution in [3.63, 3.8) is 0 Å². The van der Waals surface area contributed by atoms with Gasteiger partial charge in [-0.15, -0.1) is 0 Å². The fourth-order valence-electron chi connectivity index (χ4n) is 6.93. The van der Waals surface area contributed by atoms with Crippen LogP contribution in [0.15, 0.2) is 109 Å². The van der Waals surface area contributed by atoms with Gasteiger partial charge in [0.15, 0.2) is 6.10 Å². The zero-order chi connectivity index (χ0) is 47.2. The second-order valence-electron chi connectivity index (χ2n) is 17.2. The number of carbonyl (C=O) groups is 3. The van der Waals surface area contributed by atoms with Gasteiger partial charge >= 0.3 is 17.9 Å². The molecule has 0 saturated heterocycles. The lowest BCUT2D eigenvalue weighted by Crippen LogP contribution is -2.30. The molecule has 6 heteroatoms. The molecule has 0 bridgehead atoms. The average Bonchev–Trinajstić information content (AvgIpc) is 3.30. The van der Waals surface area contributed by atoms with Crippen LogP contribution in [0.2, 0.25) is 0 Å². The van der Waals surface area contributed by atoms with Crippen molar-refractivity contribution in [2.24, 2.45) is 0 Å². The highest BCUT2D eigenvalue weighted by Gasteiger charge is 2.19. The van der Waals surface area contributed by atoms with Crippen molar-refractivity contribution in [2.45, 2.75) is 232 Å². The maximum absolute atomic E-state index is 12.8.